The molecular weight excluding hydrogens is 259 g/mol. The Morgan fingerprint density at radius 3 is 2.14 bits per heavy atom. The molecule has 1 heterocycles. The van der Waals surface area contributed by atoms with Crippen LogP contribution in [0.15, 0.2) is 23.8 Å². The van der Waals surface area contributed by atoms with Crippen LogP contribution in [0.5, 0.6) is 0 Å². The second-order valence-electron chi connectivity index (χ2n) is 3.19. The molecule has 76 valence electrons. The van der Waals surface area contributed by atoms with Crippen molar-refractivity contribution in [2.24, 2.45) is 0 Å². The Labute approximate surface area is 99.1 Å². The molecule has 1 nitrogen and oxygen atoms in total. The van der Waals surface area contributed by atoms with Gasteiger partial charge in [0.15, 0.2) is 0 Å². The molecule has 0 atom stereocenters. The van der Waals surface area contributed by atoms with Crippen LogP contribution in [-0.2, 0) is 19.5 Å². The Kier molecular flexibility index (Phi) is 6.48. The molecule has 1 aromatic rings. The topological polar surface area (TPSA) is 15.8 Å². The van der Waals surface area contributed by atoms with E-state index >= 15 is 0 Å². The molecule has 1 aliphatic carbocycles. The molecule has 0 amide bonds. The van der Waals surface area contributed by atoms with Crippen LogP contribution in [-0.4, -0.2) is 4.98 Å². The zero-order valence-corrected chi connectivity index (χ0v) is 10.5. The molecule has 0 aliphatic heterocycles. The summed E-state index contributed by atoms with van der Waals surface area (Å²) in [4.78, 5) is 3.08. The SMILES string of the molecule is CC1=[C-]CC=C1.Cc1[c-]cc(C)[nH]1.[Ru+2]. The molecule has 1 N–H and O–H groups in total. The van der Waals surface area contributed by atoms with Gasteiger partial charge in [-0.1, -0.05) is 19.5 Å². The summed E-state index contributed by atoms with van der Waals surface area (Å²) in [7, 11) is 0. The molecule has 0 unspecified atom stereocenters. The van der Waals surface area contributed by atoms with Gasteiger partial charge in [-0.2, -0.15) is 6.08 Å². The predicted octanol–water partition coefficient (Wildman–Crippen LogP) is 3.13. The third-order valence-electron chi connectivity index (χ3n) is 1.76. The largest absolute Gasteiger partial charge is 2.00 e. The Bertz CT molecular complexity index is 302. The van der Waals surface area contributed by atoms with Crippen molar-refractivity contribution >= 4 is 0 Å². The van der Waals surface area contributed by atoms with Crippen molar-refractivity contribution in [3.8, 4) is 0 Å². The van der Waals surface area contributed by atoms with E-state index in [0.29, 0.717) is 0 Å². The smallest absolute Gasteiger partial charge is 0.456 e. The fraction of sp³-hybridized carbons (Fsp3) is 0.333. The Hall–Kier alpha value is -0.617. The van der Waals surface area contributed by atoms with Crippen LogP contribution in [0.3, 0.4) is 0 Å². The molecule has 2 heteroatoms. The van der Waals surface area contributed by atoms with Crippen molar-refractivity contribution < 1.29 is 19.5 Å². The standard InChI is InChI=1S/C6H8N.C6H7.Ru/c1-5-3-4-6(2)7-5;1-6-4-2-3-5-6;/h3,7H,1-2H3;2,4H,3H2,1H3;/q2*-1;+2. The molecule has 0 aromatic carbocycles. The first-order valence-electron chi connectivity index (χ1n) is 4.46. The summed E-state index contributed by atoms with van der Waals surface area (Å²) in [6.45, 7) is 6.07. The zero-order chi connectivity index (χ0) is 9.68. The summed E-state index contributed by atoms with van der Waals surface area (Å²) in [6, 6.07) is 4.95. The van der Waals surface area contributed by atoms with Gasteiger partial charge in [0.1, 0.15) is 0 Å². The first-order valence-corrected chi connectivity index (χ1v) is 4.46. The number of rotatable bonds is 0. The van der Waals surface area contributed by atoms with E-state index in [4.69, 9.17) is 0 Å². The van der Waals surface area contributed by atoms with Crippen LogP contribution in [0.1, 0.15) is 24.7 Å². The maximum absolute atomic E-state index is 3.12. The molecule has 1 aliphatic rings. The van der Waals surface area contributed by atoms with Gasteiger partial charge in [0.25, 0.3) is 0 Å². The average molecular weight is 274 g/mol. The van der Waals surface area contributed by atoms with E-state index in [1.807, 2.05) is 19.9 Å². The summed E-state index contributed by atoms with van der Waals surface area (Å²) in [6.07, 6.45) is 8.33. The van der Waals surface area contributed by atoms with Crippen molar-refractivity contribution in [3.05, 3.63) is 47.3 Å². The van der Waals surface area contributed by atoms with Gasteiger partial charge >= 0.3 is 19.5 Å². The van der Waals surface area contributed by atoms with Crippen LogP contribution in [0, 0.1) is 26.0 Å². The Morgan fingerprint density at radius 2 is 2.00 bits per heavy atom. The van der Waals surface area contributed by atoms with E-state index < -0.39 is 0 Å². The van der Waals surface area contributed by atoms with E-state index in [2.05, 4.69) is 36.2 Å². The van der Waals surface area contributed by atoms with Crippen LogP contribution in [0.25, 0.3) is 0 Å². The fourth-order valence-corrected chi connectivity index (χ4v) is 1.10. The van der Waals surface area contributed by atoms with Crippen LogP contribution < -0.4 is 0 Å². The number of aryl methyl sites for hydroxylation is 2. The summed E-state index contributed by atoms with van der Waals surface area (Å²) in [5.74, 6) is 0. The average Bonchev–Trinajstić information content (AvgIpc) is 2.64. The second kappa shape index (κ2) is 6.78. The molecule has 0 saturated carbocycles. The number of aromatic amines is 1. The quantitative estimate of drug-likeness (QED) is 0.552. The molecule has 0 saturated heterocycles. The summed E-state index contributed by atoms with van der Waals surface area (Å²) in [5, 5.41) is 0. The van der Waals surface area contributed by atoms with Gasteiger partial charge in [0.05, 0.1) is 0 Å². The first kappa shape index (κ1) is 13.4. The van der Waals surface area contributed by atoms with E-state index in [1.54, 1.807) is 0 Å². The minimum atomic E-state index is 0. The van der Waals surface area contributed by atoms with Gasteiger partial charge in [-0.15, -0.1) is 12.1 Å². The number of aromatic nitrogens is 1. The van der Waals surface area contributed by atoms with Crippen molar-refractivity contribution in [3.63, 3.8) is 0 Å². The minimum absolute atomic E-state index is 0. The van der Waals surface area contributed by atoms with Crippen molar-refractivity contribution in [2.75, 3.05) is 0 Å². The number of H-pyrrole nitrogens is 1. The zero-order valence-electron chi connectivity index (χ0n) is 8.79. The van der Waals surface area contributed by atoms with Crippen molar-refractivity contribution in [1.82, 2.24) is 4.98 Å². The molecule has 0 spiro atoms. The predicted molar refractivity (Wildman–Crippen MR) is 55.3 cm³/mol. The Balaban J connectivity index is 0.000000227. The summed E-state index contributed by atoms with van der Waals surface area (Å²) < 4.78 is 0. The minimum Gasteiger partial charge on any atom is -0.456 e. The van der Waals surface area contributed by atoms with E-state index in [-0.39, 0.29) is 19.5 Å². The van der Waals surface area contributed by atoms with Gasteiger partial charge in [-0.3, -0.25) is 6.08 Å². The number of nitrogens with one attached hydrogen (secondary N) is 1. The third-order valence-corrected chi connectivity index (χ3v) is 1.76. The third kappa shape index (κ3) is 5.19. The van der Waals surface area contributed by atoms with E-state index in [9.17, 15) is 0 Å². The van der Waals surface area contributed by atoms with Crippen LogP contribution in [0.4, 0.5) is 0 Å². The normalized spacial score (nSPS) is 12.6. The maximum atomic E-state index is 3.12. The van der Waals surface area contributed by atoms with Crippen LogP contribution >= 0.6 is 0 Å². The van der Waals surface area contributed by atoms with Gasteiger partial charge < -0.3 is 4.98 Å². The van der Waals surface area contributed by atoms with Crippen molar-refractivity contribution in [2.45, 2.75) is 27.2 Å². The second-order valence-corrected chi connectivity index (χ2v) is 3.19. The molecule has 0 fully saturated rings. The number of hydrogen-bond acceptors (Lipinski definition) is 0. The van der Waals surface area contributed by atoms with Gasteiger partial charge in [0, 0.05) is 0 Å². The fourth-order valence-electron chi connectivity index (χ4n) is 1.10. The maximum Gasteiger partial charge on any atom is 2.00 e. The van der Waals surface area contributed by atoms with Gasteiger partial charge in [0.2, 0.25) is 0 Å². The first-order chi connectivity index (χ1) is 6.18. The monoisotopic (exact) mass is 275 g/mol. The van der Waals surface area contributed by atoms with Crippen molar-refractivity contribution in [1.29, 1.82) is 0 Å². The number of hydrogen-bond donors (Lipinski definition) is 1. The molecule has 2 rings (SSSR count). The molecular formula is C12H15NRu. The summed E-state index contributed by atoms with van der Waals surface area (Å²) in [5.41, 5.74) is 3.56. The van der Waals surface area contributed by atoms with Crippen LogP contribution in [0.2, 0.25) is 0 Å². The van der Waals surface area contributed by atoms with E-state index in [1.165, 1.54) is 11.3 Å². The van der Waals surface area contributed by atoms with Gasteiger partial charge in [-0.25, -0.2) is 23.8 Å². The van der Waals surface area contributed by atoms with Gasteiger partial charge in [-0.05, 0) is 6.92 Å². The molecule has 0 radical (unpaired) electrons. The Morgan fingerprint density at radius 1 is 1.29 bits per heavy atom. The number of allylic oxidation sites excluding steroid dienone is 4. The molecule has 14 heavy (non-hydrogen) atoms. The summed E-state index contributed by atoms with van der Waals surface area (Å²) >= 11 is 0. The van der Waals surface area contributed by atoms with E-state index in [0.717, 1.165) is 12.1 Å². The molecule has 0 bridgehead atoms. The molecule has 1 aromatic heterocycles.